The van der Waals surface area contributed by atoms with E-state index < -0.39 is 0 Å². The minimum Gasteiger partial charge on any atom is -0.489 e. The number of likely N-dealkylation sites (tertiary alicyclic amines) is 1. The number of fused-ring (bicyclic) bond motifs is 1. The summed E-state index contributed by atoms with van der Waals surface area (Å²) in [6, 6.07) is 7.16. The summed E-state index contributed by atoms with van der Waals surface area (Å²) in [4.78, 5) is 2.52. The second kappa shape index (κ2) is 6.04. The van der Waals surface area contributed by atoms with Crippen molar-refractivity contribution in [2.75, 3.05) is 25.0 Å². The molecule has 1 aromatic carbocycles. The molecule has 2 heterocycles. The molecule has 0 aromatic heterocycles. The van der Waals surface area contributed by atoms with Crippen molar-refractivity contribution >= 4 is 5.69 Å². The van der Waals surface area contributed by atoms with Gasteiger partial charge in [0.2, 0.25) is 0 Å². The fourth-order valence-corrected chi connectivity index (χ4v) is 3.24. The summed E-state index contributed by atoms with van der Waals surface area (Å²) in [5, 5.41) is 3.48. The smallest absolute Gasteiger partial charge is 0.121 e. The van der Waals surface area contributed by atoms with Crippen molar-refractivity contribution in [3.05, 3.63) is 23.8 Å². The molecule has 1 atom stereocenters. The lowest BCUT2D eigenvalue weighted by Gasteiger charge is -2.35. The lowest BCUT2D eigenvalue weighted by molar-refractivity contribution is 0.0707. The van der Waals surface area contributed by atoms with Crippen LogP contribution in [0, 0.1) is 0 Å². The highest BCUT2D eigenvalue weighted by Gasteiger charge is 2.23. The zero-order valence-corrected chi connectivity index (χ0v) is 12.7. The van der Waals surface area contributed by atoms with Crippen molar-refractivity contribution in [2.45, 2.75) is 51.7 Å². The van der Waals surface area contributed by atoms with Crippen LogP contribution in [0.25, 0.3) is 0 Å². The van der Waals surface area contributed by atoms with Gasteiger partial charge >= 0.3 is 0 Å². The molecule has 3 nitrogen and oxygen atoms in total. The Kier molecular flexibility index (Phi) is 4.16. The van der Waals surface area contributed by atoms with Crippen LogP contribution in [0.2, 0.25) is 0 Å². The molecule has 0 radical (unpaired) electrons. The van der Waals surface area contributed by atoms with E-state index in [-0.39, 0.29) is 0 Å². The first kappa shape index (κ1) is 13.7. The Balaban J connectivity index is 1.65. The number of aryl methyl sites for hydroxylation is 1. The Morgan fingerprint density at radius 3 is 3.05 bits per heavy atom. The van der Waals surface area contributed by atoms with Crippen molar-refractivity contribution in [3.8, 4) is 5.75 Å². The monoisotopic (exact) mass is 274 g/mol. The number of hydrogen-bond donors (Lipinski definition) is 1. The topological polar surface area (TPSA) is 24.5 Å². The van der Waals surface area contributed by atoms with Crippen LogP contribution >= 0.6 is 0 Å². The normalized spacial score (nSPS) is 23.2. The largest absolute Gasteiger partial charge is 0.489 e. The highest BCUT2D eigenvalue weighted by molar-refractivity contribution is 5.56. The molecule has 0 spiro atoms. The zero-order chi connectivity index (χ0) is 13.9. The van der Waals surface area contributed by atoms with Crippen LogP contribution in [0.4, 0.5) is 5.69 Å². The van der Waals surface area contributed by atoms with Crippen molar-refractivity contribution in [2.24, 2.45) is 0 Å². The van der Waals surface area contributed by atoms with Gasteiger partial charge in [0.15, 0.2) is 0 Å². The van der Waals surface area contributed by atoms with Crippen LogP contribution in [0.1, 0.15) is 38.7 Å². The van der Waals surface area contributed by atoms with Gasteiger partial charge in [0, 0.05) is 30.9 Å². The van der Waals surface area contributed by atoms with E-state index in [2.05, 4.69) is 42.3 Å². The average molecular weight is 274 g/mol. The summed E-state index contributed by atoms with van der Waals surface area (Å²) >= 11 is 0. The van der Waals surface area contributed by atoms with Gasteiger partial charge in [-0.05, 0) is 57.7 Å². The molecule has 2 aliphatic rings. The number of nitrogens with one attached hydrogen (secondary N) is 1. The van der Waals surface area contributed by atoms with Gasteiger partial charge in [0.1, 0.15) is 11.9 Å². The van der Waals surface area contributed by atoms with Crippen LogP contribution in [0.5, 0.6) is 5.75 Å². The summed E-state index contributed by atoms with van der Waals surface area (Å²) in [6.07, 6.45) is 5.18. The van der Waals surface area contributed by atoms with E-state index >= 15 is 0 Å². The third kappa shape index (κ3) is 3.09. The molecule has 1 saturated heterocycles. The number of rotatable bonds is 3. The molecule has 1 fully saturated rings. The van der Waals surface area contributed by atoms with E-state index in [1.807, 2.05) is 0 Å². The number of ether oxygens (including phenoxy) is 1. The summed E-state index contributed by atoms with van der Waals surface area (Å²) < 4.78 is 6.22. The summed E-state index contributed by atoms with van der Waals surface area (Å²) in [7, 11) is 0. The first-order chi connectivity index (χ1) is 9.72. The number of nitrogens with zero attached hydrogens (tertiary/aromatic N) is 1. The van der Waals surface area contributed by atoms with Crippen LogP contribution in [0.3, 0.4) is 0 Å². The number of anilines is 1. The quantitative estimate of drug-likeness (QED) is 0.915. The molecular formula is C17H26N2O. The van der Waals surface area contributed by atoms with Crippen LogP contribution < -0.4 is 10.1 Å². The SMILES string of the molecule is CC(C)N1CCCC(Oc2ccc3c(c2)NCCC3)C1. The Hall–Kier alpha value is -1.22. The van der Waals surface area contributed by atoms with E-state index in [4.69, 9.17) is 4.74 Å². The molecule has 3 heteroatoms. The summed E-state index contributed by atoms with van der Waals surface area (Å²) in [5.74, 6) is 1.02. The van der Waals surface area contributed by atoms with Gasteiger partial charge in [0.25, 0.3) is 0 Å². The fourth-order valence-electron chi connectivity index (χ4n) is 3.24. The molecule has 0 saturated carbocycles. The molecule has 110 valence electrons. The minimum atomic E-state index is 0.341. The zero-order valence-electron chi connectivity index (χ0n) is 12.7. The maximum atomic E-state index is 6.22. The fraction of sp³-hybridized carbons (Fsp3) is 0.647. The summed E-state index contributed by atoms with van der Waals surface area (Å²) in [6.45, 7) is 7.89. The molecule has 1 N–H and O–H groups in total. The maximum absolute atomic E-state index is 6.22. The van der Waals surface area contributed by atoms with Crippen molar-refractivity contribution in [1.82, 2.24) is 4.90 Å². The second-order valence-corrected chi connectivity index (χ2v) is 6.32. The van der Waals surface area contributed by atoms with Crippen molar-refractivity contribution in [1.29, 1.82) is 0 Å². The highest BCUT2D eigenvalue weighted by atomic mass is 16.5. The first-order valence-electron chi connectivity index (χ1n) is 8.00. The minimum absolute atomic E-state index is 0.341. The number of hydrogen-bond acceptors (Lipinski definition) is 3. The third-order valence-electron chi connectivity index (χ3n) is 4.46. The van der Waals surface area contributed by atoms with Crippen molar-refractivity contribution in [3.63, 3.8) is 0 Å². The standard InChI is InChI=1S/C17H26N2O/c1-13(2)19-10-4-6-16(12-19)20-15-8-7-14-5-3-9-18-17(14)11-15/h7-8,11,13,16,18H,3-6,9-10,12H2,1-2H3. The number of piperidine rings is 1. The van der Waals surface area contributed by atoms with Gasteiger partial charge in [0.05, 0.1) is 0 Å². The maximum Gasteiger partial charge on any atom is 0.121 e. The van der Waals surface area contributed by atoms with E-state index in [9.17, 15) is 0 Å². The Morgan fingerprint density at radius 1 is 1.30 bits per heavy atom. The molecular weight excluding hydrogens is 248 g/mol. The van der Waals surface area contributed by atoms with E-state index in [1.165, 1.54) is 43.5 Å². The van der Waals surface area contributed by atoms with Crippen LogP contribution in [-0.2, 0) is 6.42 Å². The lowest BCUT2D eigenvalue weighted by atomic mass is 10.0. The van der Waals surface area contributed by atoms with Gasteiger partial charge in [-0.1, -0.05) is 6.07 Å². The Bertz CT molecular complexity index is 458. The highest BCUT2D eigenvalue weighted by Crippen LogP contribution is 2.28. The number of benzene rings is 1. The molecule has 20 heavy (non-hydrogen) atoms. The lowest BCUT2D eigenvalue weighted by Crippen LogP contribution is -2.44. The molecule has 0 aliphatic carbocycles. The predicted molar refractivity (Wildman–Crippen MR) is 83.6 cm³/mol. The molecule has 1 aromatic rings. The predicted octanol–water partition coefficient (Wildman–Crippen LogP) is 3.30. The molecule has 1 unspecified atom stereocenters. The van der Waals surface area contributed by atoms with Gasteiger partial charge < -0.3 is 10.1 Å². The molecule has 0 amide bonds. The van der Waals surface area contributed by atoms with Gasteiger partial charge in [-0.3, -0.25) is 4.90 Å². The average Bonchev–Trinajstić information content (AvgIpc) is 2.47. The Morgan fingerprint density at radius 2 is 2.20 bits per heavy atom. The van der Waals surface area contributed by atoms with E-state index in [1.54, 1.807) is 0 Å². The Labute approximate surface area is 122 Å². The van der Waals surface area contributed by atoms with Crippen molar-refractivity contribution < 1.29 is 4.74 Å². The van der Waals surface area contributed by atoms with Crippen LogP contribution in [0.15, 0.2) is 18.2 Å². The summed E-state index contributed by atoms with van der Waals surface area (Å²) in [5.41, 5.74) is 2.70. The van der Waals surface area contributed by atoms with Gasteiger partial charge in [-0.25, -0.2) is 0 Å². The van der Waals surface area contributed by atoms with E-state index in [0.717, 1.165) is 18.8 Å². The van der Waals surface area contributed by atoms with E-state index in [0.29, 0.717) is 12.1 Å². The molecule has 3 rings (SSSR count). The van der Waals surface area contributed by atoms with Crippen LogP contribution in [-0.4, -0.2) is 36.7 Å². The third-order valence-corrected chi connectivity index (χ3v) is 4.46. The molecule has 0 bridgehead atoms. The van der Waals surface area contributed by atoms with Gasteiger partial charge in [-0.2, -0.15) is 0 Å². The molecule has 2 aliphatic heterocycles. The first-order valence-corrected chi connectivity index (χ1v) is 8.00. The second-order valence-electron chi connectivity index (χ2n) is 6.32. The van der Waals surface area contributed by atoms with Gasteiger partial charge in [-0.15, -0.1) is 0 Å².